The fraction of sp³-hybridized carbons (Fsp3) is 0.400. The number of anilines is 4. The van der Waals surface area contributed by atoms with Crippen molar-refractivity contribution in [3.8, 4) is 11.6 Å². The molecule has 0 atom stereocenters. The van der Waals surface area contributed by atoms with Crippen molar-refractivity contribution in [3.63, 3.8) is 0 Å². The van der Waals surface area contributed by atoms with Crippen molar-refractivity contribution >= 4 is 34.2 Å². The van der Waals surface area contributed by atoms with Gasteiger partial charge in [0.15, 0.2) is 23.0 Å². The molecule has 11 nitrogen and oxygen atoms in total. The molecule has 1 saturated carbocycles. The lowest BCUT2D eigenvalue weighted by Gasteiger charge is -2.37. The third-order valence-corrected chi connectivity index (χ3v) is 8.48. The van der Waals surface area contributed by atoms with E-state index in [-0.39, 0.29) is 11.1 Å². The molecule has 0 radical (unpaired) electrons. The normalized spacial score (nSPS) is 17.9. The van der Waals surface area contributed by atoms with Gasteiger partial charge in [-0.3, -0.25) is 4.79 Å². The second-order valence-corrected chi connectivity index (χ2v) is 11.1. The molecule has 41 heavy (non-hydrogen) atoms. The number of ether oxygens (including phenoxy) is 1. The van der Waals surface area contributed by atoms with Crippen molar-refractivity contribution in [3.05, 3.63) is 65.6 Å². The Balaban J connectivity index is 1.24. The SMILES string of the molecule is C=CCn1c(=O)c2cnc(Nc3ccc(N4CCN(C)CC4)cc3)nc2n1-c1ccc2c(n1)N(CC)C1(CC1)CO2. The standard InChI is InChI=1S/C30H35N9O2/c1-4-14-38-28(40)23-19-31-29(32-21-6-8-22(9-7-21)36-17-15-35(3)16-18-36)34-26(23)39(38)25-11-10-24-27(33-25)37(5-2)30(12-13-30)20-41-24/h4,6-11,19H,1,5,12-18,20H2,2-3H3,(H,31,32,34). The maximum absolute atomic E-state index is 13.4. The molecule has 11 heteroatoms. The van der Waals surface area contributed by atoms with Gasteiger partial charge in [0.2, 0.25) is 5.95 Å². The van der Waals surface area contributed by atoms with Crippen LogP contribution in [0.1, 0.15) is 19.8 Å². The molecule has 3 aliphatic rings. The number of allylic oxidation sites excluding steroid dienone is 1. The van der Waals surface area contributed by atoms with E-state index in [0.717, 1.165) is 62.8 Å². The average Bonchev–Trinajstić information content (AvgIpc) is 3.71. The lowest BCUT2D eigenvalue weighted by Crippen LogP contribution is -2.45. The molecule has 1 aromatic carbocycles. The molecular formula is C30H35N9O2. The Bertz CT molecular complexity index is 1660. The summed E-state index contributed by atoms with van der Waals surface area (Å²) in [5.41, 5.74) is 2.40. The molecular weight excluding hydrogens is 518 g/mol. The van der Waals surface area contributed by atoms with Gasteiger partial charge in [-0.25, -0.2) is 19.3 Å². The van der Waals surface area contributed by atoms with Crippen molar-refractivity contribution in [1.82, 2.24) is 29.2 Å². The van der Waals surface area contributed by atoms with Gasteiger partial charge in [-0.05, 0) is 63.2 Å². The van der Waals surface area contributed by atoms with Gasteiger partial charge in [-0.15, -0.1) is 6.58 Å². The average molecular weight is 554 g/mol. The van der Waals surface area contributed by atoms with Crippen LogP contribution in [-0.2, 0) is 6.54 Å². The quantitative estimate of drug-likeness (QED) is 0.346. The van der Waals surface area contributed by atoms with E-state index in [2.05, 4.69) is 57.7 Å². The van der Waals surface area contributed by atoms with E-state index in [1.165, 1.54) is 5.69 Å². The predicted octanol–water partition coefficient (Wildman–Crippen LogP) is 3.41. The minimum Gasteiger partial charge on any atom is -0.487 e. The Morgan fingerprint density at radius 3 is 2.56 bits per heavy atom. The number of hydrogen-bond acceptors (Lipinski definition) is 9. The van der Waals surface area contributed by atoms with Gasteiger partial charge in [0.25, 0.3) is 5.56 Å². The smallest absolute Gasteiger partial charge is 0.278 e. The van der Waals surface area contributed by atoms with Crippen molar-refractivity contribution in [2.24, 2.45) is 0 Å². The molecule has 4 aromatic rings. The summed E-state index contributed by atoms with van der Waals surface area (Å²) in [6.07, 6.45) is 5.47. The van der Waals surface area contributed by atoms with Crippen LogP contribution in [0, 0.1) is 0 Å². The lowest BCUT2D eigenvalue weighted by molar-refractivity contribution is 0.249. The number of hydrogen-bond donors (Lipinski definition) is 1. The molecule has 2 fully saturated rings. The highest BCUT2D eigenvalue weighted by Crippen LogP contribution is 2.49. The van der Waals surface area contributed by atoms with E-state index in [1.807, 2.05) is 24.3 Å². The zero-order valence-electron chi connectivity index (χ0n) is 23.6. The van der Waals surface area contributed by atoms with Crippen molar-refractivity contribution < 1.29 is 4.74 Å². The maximum atomic E-state index is 13.4. The highest BCUT2D eigenvalue weighted by molar-refractivity contribution is 5.77. The Hall–Kier alpha value is -4.38. The summed E-state index contributed by atoms with van der Waals surface area (Å²) in [7, 11) is 2.16. The predicted molar refractivity (Wildman–Crippen MR) is 161 cm³/mol. The van der Waals surface area contributed by atoms with E-state index >= 15 is 0 Å². The highest BCUT2D eigenvalue weighted by Gasteiger charge is 2.52. The summed E-state index contributed by atoms with van der Waals surface area (Å²) >= 11 is 0. The first-order chi connectivity index (χ1) is 20.0. The number of likely N-dealkylation sites (N-methyl/N-ethyl adjacent to an activating group) is 2. The number of rotatable bonds is 7. The Kier molecular flexibility index (Phi) is 6.19. The number of nitrogens with one attached hydrogen (secondary N) is 1. The third-order valence-electron chi connectivity index (χ3n) is 8.48. The van der Waals surface area contributed by atoms with E-state index in [1.54, 1.807) is 21.6 Å². The van der Waals surface area contributed by atoms with Crippen LogP contribution in [0.4, 0.5) is 23.1 Å². The molecule has 7 rings (SSSR count). The highest BCUT2D eigenvalue weighted by atomic mass is 16.5. The summed E-state index contributed by atoms with van der Waals surface area (Å²) in [4.78, 5) is 34.8. The summed E-state index contributed by atoms with van der Waals surface area (Å²) in [6, 6.07) is 12.1. The monoisotopic (exact) mass is 553 g/mol. The van der Waals surface area contributed by atoms with Crippen LogP contribution in [-0.4, -0.2) is 81.1 Å². The number of pyridine rings is 1. The van der Waals surface area contributed by atoms with Gasteiger partial charge in [-0.1, -0.05) is 6.08 Å². The Morgan fingerprint density at radius 1 is 1.07 bits per heavy atom. The van der Waals surface area contributed by atoms with Crippen LogP contribution in [0.2, 0.25) is 0 Å². The summed E-state index contributed by atoms with van der Waals surface area (Å²) in [5.74, 6) is 2.57. The van der Waals surface area contributed by atoms with Gasteiger partial charge in [0.05, 0.1) is 12.1 Å². The van der Waals surface area contributed by atoms with Crippen LogP contribution >= 0.6 is 0 Å². The molecule has 1 spiro atoms. The molecule has 212 valence electrons. The van der Waals surface area contributed by atoms with Crippen LogP contribution in [0.3, 0.4) is 0 Å². The first kappa shape index (κ1) is 25.6. The zero-order chi connectivity index (χ0) is 28.1. The number of aromatic nitrogens is 5. The second kappa shape index (κ2) is 9.91. The number of benzene rings is 1. The van der Waals surface area contributed by atoms with Crippen molar-refractivity contribution in [2.45, 2.75) is 31.8 Å². The number of nitrogens with zero attached hydrogens (tertiary/aromatic N) is 8. The zero-order valence-corrected chi connectivity index (χ0v) is 23.6. The van der Waals surface area contributed by atoms with Crippen LogP contribution < -0.4 is 25.4 Å². The van der Waals surface area contributed by atoms with E-state index < -0.39 is 0 Å². The second-order valence-electron chi connectivity index (χ2n) is 11.1. The topological polar surface area (TPSA) is 96.6 Å². The van der Waals surface area contributed by atoms with E-state index in [4.69, 9.17) is 14.7 Å². The van der Waals surface area contributed by atoms with Gasteiger partial charge in [0.1, 0.15) is 12.0 Å². The summed E-state index contributed by atoms with van der Waals surface area (Å²) in [6.45, 7) is 12.0. The molecule has 2 aliphatic heterocycles. The summed E-state index contributed by atoms with van der Waals surface area (Å²) in [5, 5.41) is 3.74. The van der Waals surface area contributed by atoms with Crippen LogP contribution in [0.15, 0.2) is 60.0 Å². The molecule has 0 amide bonds. The van der Waals surface area contributed by atoms with Gasteiger partial charge >= 0.3 is 0 Å². The molecule has 3 aromatic heterocycles. The molecule has 1 saturated heterocycles. The van der Waals surface area contributed by atoms with E-state index in [0.29, 0.717) is 36.0 Å². The lowest BCUT2D eigenvalue weighted by atomic mass is 10.2. The largest absolute Gasteiger partial charge is 0.487 e. The molecule has 0 unspecified atom stereocenters. The van der Waals surface area contributed by atoms with Gasteiger partial charge in [-0.2, -0.15) is 4.98 Å². The number of piperazine rings is 1. The van der Waals surface area contributed by atoms with Crippen molar-refractivity contribution in [2.75, 3.05) is 61.5 Å². The van der Waals surface area contributed by atoms with Crippen molar-refractivity contribution in [1.29, 1.82) is 0 Å². The fourth-order valence-corrected chi connectivity index (χ4v) is 5.97. The number of fused-ring (bicyclic) bond motifs is 2. The molecule has 5 heterocycles. The minimum atomic E-state index is -0.190. The fourth-order valence-electron chi connectivity index (χ4n) is 5.97. The molecule has 1 N–H and O–H groups in total. The Labute approximate surface area is 238 Å². The maximum Gasteiger partial charge on any atom is 0.278 e. The van der Waals surface area contributed by atoms with E-state index in [9.17, 15) is 4.79 Å². The third kappa shape index (κ3) is 4.40. The molecule has 0 bridgehead atoms. The van der Waals surface area contributed by atoms with Gasteiger partial charge in [0, 0.05) is 50.3 Å². The van der Waals surface area contributed by atoms with Crippen LogP contribution in [0.5, 0.6) is 5.75 Å². The minimum absolute atomic E-state index is 0.0338. The summed E-state index contributed by atoms with van der Waals surface area (Å²) < 4.78 is 9.46. The van der Waals surface area contributed by atoms with Gasteiger partial charge < -0.3 is 24.8 Å². The molecule has 1 aliphatic carbocycles. The van der Waals surface area contributed by atoms with Crippen LogP contribution in [0.25, 0.3) is 16.9 Å². The first-order valence-electron chi connectivity index (χ1n) is 14.3. The first-order valence-corrected chi connectivity index (χ1v) is 14.3. The Morgan fingerprint density at radius 2 is 1.85 bits per heavy atom.